The third-order valence-electron chi connectivity index (χ3n) is 11.6. The molecule has 0 aliphatic heterocycles. The normalized spacial score (nSPS) is 45.9. The van der Waals surface area contributed by atoms with Crippen LogP contribution in [0, 0.1) is 46.3 Å². The summed E-state index contributed by atoms with van der Waals surface area (Å²) in [5.74, 6) is 4.87. The van der Waals surface area contributed by atoms with Crippen molar-refractivity contribution >= 4 is 49.4 Å². The number of carbonyl (C=O) groups is 1. The summed E-state index contributed by atoms with van der Waals surface area (Å²) in [5.41, 5.74) is 0.744. The standard InChI is InChI=1S/C31H51Br2ClO2/c1-19(2)8-7-9-20(3)24-10-11-25-23-17-27(32)31(33)18-22(36-28(35)16-21(4)34)12-15-30(31,6)26(23)13-14-29(24,25)5/h19-27H,7-18H2,1-6H3/t20-,21+,22-,23-,24+,25-,26-,27+,29+,30+,31-/m0/s1. The fourth-order valence-corrected chi connectivity index (χ4v) is 12.0. The molecule has 4 saturated carbocycles. The lowest BCUT2D eigenvalue weighted by Crippen LogP contribution is -2.64. The molecular formula is C31H51Br2ClO2. The molecule has 0 saturated heterocycles. The van der Waals surface area contributed by atoms with Gasteiger partial charge in [-0.25, -0.2) is 0 Å². The highest BCUT2D eigenvalue weighted by Gasteiger charge is 2.67. The zero-order valence-electron chi connectivity index (χ0n) is 23.6. The fraction of sp³-hybridized carbons (Fsp3) is 0.968. The SMILES string of the molecule is CC(C)CCC[C@H](C)[C@H]1CC[C@H]2[C@@H]3C[C@@H](Br)[C@@]4(Br)C[C@@H](OC(=O)C[C@@H](C)Cl)CC[C@]4(C)[C@H]3CC[C@]12C. The lowest BCUT2D eigenvalue weighted by atomic mass is 9.44. The number of rotatable bonds is 8. The Morgan fingerprint density at radius 1 is 1.03 bits per heavy atom. The van der Waals surface area contributed by atoms with Crippen LogP contribution in [0.2, 0.25) is 0 Å². The molecule has 4 aliphatic rings. The molecule has 2 nitrogen and oxygen atoms in total. The zero-order chi connectivity index (χ0) is 26.5. The highest BCUT2D eigenvalue weighted by atomic mass is 79.9. The van der Waals surface area contributed by atoms with E-state index in [0.717, 1.165) is 54.8 Å². The predicted octanol–water partition coefficient (Wildman–Crippen LogP) is 9.93. The summed E-state index contributed by atoms with van der Waals surface area (Å²) < 4.78 is 5.92. The highest BCUT2D eigenvalue weighted by Crippen LogP contribution is 2.71. The topological polar surface area (TPSA) is 26.3 Å². The fourth-order valence-electron chi connectivity index (χ4n) is 9.74. The molecule has 36 heavy (non-hydrogen) atoms. The van der Waals surface area contributed by atoms with Crippen molar-refractivity contribution in [2.24, 2.45) is 46.3 Å². The first kappa shape index (κ1) is 29.7. The molecule has 208 valence electrons. The highest BCUT2D eigenvalue weighted by molar-refractivity contribution is 9.12. The first-order chi connectivity index (χ1) is 16.8. The number of esters is 1. The first-order valence-corrected chi connectivity index (χ1v) is 17.1. The molecule has 0 unspecified atom stereocenters. The summed E-state index contributed by atoms with van der Waals surface area (Å²) in [6, 6.07) is 0. The van der Waals surface area contributed by atoms with Crippen molar-refractivity contribution in [1.82, 2.24) is 0 Å². The van der Waals surface area contributed by atoms with Gasteiger partial charge in [-0.15, -0.1) is 11.6 Å². The van der Waals surface area contributed by atoms with Gasteiger partial charge in [-0.2, -0.15) is 0 Å². The van der Waals surface area contributed by atoms with E-state index >= 15 is 0 Å². The minimum Gasteiger partial charge on any atom is -0.462 e. The Bertz CT molecular complexity index is 789. The van der Waals surface area contributed by atoms with Crippen molar-refractivity contribution in [1.29, 1.82) is 0 Å². The minimum atomic E-state index is -0.173. The monoisotopic (exact) mass is 648 g/mol. The van der Waals surface area contributed by atoms with Crippen molar-refractivity contribution < 1.29 is 9.53 Å². The van der Waals surface area contributed by atoms with Crippen LogP contribution in [0.4, 0.5) is 0 Å². The maximum Gasteiger partial charge on any atom is 0.307 e. The largest absolute Gasteiger partial charge is 0.462 e. The molecular weight excluding hydrogens is 600 g/mol. The number of hydrogen-bond donors (Lipinski definition) is 0. The Labute approximate surface area is 243 Å². The number of hydrogen-bond acceptors (Lipinski definition) is 2. The number of carbonyl (C=O) groups excluding carboxylic acids is 1. The molecule has 4 fully saturated rings. The smallest absolute Gasteiger partial charge is 0.307 e. The summed E-state index contributed by atoms with van der Waals surface area (Å²) in [7, 11) is 0. The average Bonchev–Trinajstić information content (AvgIpc) is 3.12. The van der Waals surface area contributed by atoms with Crippen molar-refractivity contribution in [2.45, 2.75) is 139 Å². The van der Waals surface area contributed by atoms with Gasteiger partial charge in [0.25, 0.3) is 0 Å². The van der Waals surface area contributed by atoms with E-state index in [-0.39, 0.29) is 27.2 Å². The van der Waals surface area contributed by atoms with E-state index in [1.807, 2.05) is 6.92 Å². The van der Waals surface area contributed by atoms with Gasteiger partial charge in [-0.05, 0) is 98.2 Å². The second kappa shape index (κ2) is 11.3. The van der Waals surface area contributed by atoms with Crippen LogP contribution in [0.25, 0.3) is 0 Å². The maximum atomic E-state index is 12.4. The lowest BCUT2D eigenvalue weighted by molar-refractivity contribution is -0.158. The average molecular weight is 651 g/mol. The summed E-state index contributed by atoms with van der Waals surface area (Å²) in [6.45, 7) is 14.4. The summed E-state index contributed by atoms with van der Waals surface area (Å²) in [4.78, 5) is 12.8. The molecule has 0 heterocycles. The van der Waals surface area contributed by atoms with Gasteiger partial charge in [-0.1, -0.05) is 85.7 Å². The Hall–Kier alpha value is 0.720. The molecule has 0 aromatic heterocycles. The van der Waals surface area contributed by atoms with Crippen LogP contribution in [-0.2, 0) is 9.53 Å². The van der Waals surface area contributed by atoms with E-state index in [0.29, 0.717) is 16.7 Å². The van der Waals surface area contributed by atoms with E-state index in [1.165, 1.54) is 51.4 Å². The molecule has 11 atom stereocenters. The van der Waals surface area contributed by atoms with Gasteiger partial charge in [0.1, 0.15) is 6.10 Å². The third-order valence-corrected chi connectivity index (χ3v) is 15.3. The van der Waals surface area contributed by atoms with Gasteiger partial charge in [-0.3, -0.25) is 4.79 Å². The number of alkyl halides is 3. The molecule has 0 amide bonds. The van der Waals surface area contributed by atoms with Crippen LogP contribution in [0.1, 0.15) is 119 Å². The predicted molar refractivity (Wildman–Crippen MR) is 159 cm³/mol. The van der Waals surface area contributed by atoms with Gasteiger partial charge in [0.15, 0.2) is 0 Å². The number of fused-ring (bicyclic) bond motifs is 5. The quantitative estimate of drug-likeness (QED) is 0.193. The summed E-state index contributed by atoms with van der Waals surface area (Å²) in [6.07, 6.45) is 14.4. The first-order valence-electron chi connectivity index (χ1n) is 15.0. The van der Waals surface area contributed by atoms with Crippen LogP contribution in [0.5, 0.6) is 0 Å². The Kier molecular flexibility index (Phi) is 9.32. The van der Waals surface area contributed by atoms with Gasteiger partial charge < -0.3 is 4.74 Å². The van der Waals surface area contributed by atoms with Crippen LogP contribution in [0.15, 0.2) is 0 Å². The third kappa shape index (κ3) is 5.37. The minimum absolute atomic E-state index is 0.00614. The van der Waals surface area contributed by atoms with Crippen molar-refractivity contribution in [3.63, 3.8) is 0 Å². The molecule has 5 heteroatoms. The van der Waals surface area contributed by atoms with Gasteiger partial charge in [0, 0.05) is 20.9 Å². The van der Waals surface area contributed by atoms with Crippen molar-refractivity contribution in [2.75, 3.05) is 0 Å². The molecule has 4 aliphatic carbocycles. The maximum absolute atomic E-state index is 12.4. The van der Waals surface area contributed by atoms with Crippen molar-refractivity contribution in [3.8, 4) is 0 Å². The zero-order valence-corrected chi connectivity index (χ0v) is 27.6. The lowest BCUT2D eigenvalue weighted by Gasteiger charge is -2.66. The summed E-state index contributed by atoms with van der Waals surface area (Å²) in [5, 5.41) is -0.173. The molecule has 0 radical (unpaired) electrons. The molecule has 0 spiro atoms. The van der Waals surface area contributed by atoms with E-state index < -0.39 is 0 Å². The van der Waals surface area contributed by atoms with Crippen LogP contribution >= 0.6 is 43.5 Å². The van der Waals surface area contributed by atoms with Gasteiger partial charge >= 0.3 is 5.97 Å². The summed E-state index contributed by atoms with van der Waals surface area (Å²) >= 11 is 14.6. The Morgan fingerprint density at radius 2 is 1.75 bits per heavy atom. The van der Waals surface area contributed by atoms with E-state index in [4.69, 9.17) is 16.3 Å². The Balaban J connectivity index is 1.47. The van der Waals surface area contributed by atoms with E-state index in [9.17, 15) is 4.79 Å². The van der Waals surface area contributed by atoms with Gasteiger partial charge in [0.2, 0.25) is 0 Å². The molecule has 0 bridgehead atoms. The van der Waals surface area contributed by atoms with Crippen molar-refractivity contribution in [3.05, 3.63) is 0 Å². The van der Waals surface area contributed by atoms with Gasteiger partial charge in [0.05, 0.1) is 6.42 Å². The Morgan fingerprint density at radius 3 is 2.42 bits per heavy atom. The van der Waals surface area contributed by atoms with Crippen LogP contribution < -0.4 is 0 Å². The van der Waals surface area contributed by atoms with E-state index in [1.54, 1.807) is 0 Å². The second-order valence-electron chi connectivity index (χ2n) is 14.2. The number of halogens is 3. The van der Waals surface area contributed by atoms with E-state index in [2.05, 4.69) is 66.5 Å². The molecule has 0 N–H and O–H groups in total. The molecule has 0 aromatic rings. The molecule has 0 aromatic carbocycles. The van der Waals surface area contributed by atoms with Crippen LogP contribution in [0.3, 0.4) is 0 Å². The second-order valence-corrected chi connectivity index (χ2v) is 17.5. The molecule has 4 rings (SSSR count). The number of ether oxygens (including phenoxy) is 1. The van der Waals surface area contributed by atoms with Crippen LogP contribution in [-0.4, -0.2) is 26.6 Å².